The zero-order valence-corrected chi connectivity index (χ0v) is 11.8. The lowest BCUT2D eigenvalue weighted by atomic mass is 10.0. The molecule has 2 N–H and O–H groups in total. The summed E-state index contributed by atoms with van der Waals surface area (Å²) in [6.45, 7) is 1.88. The summed E-state index contributed by atoms with van der Waals surface area (Å²) in [4.78, 5) is 11.9. The number of aliphatic hydroxyl groups excluding tert-OH is 1. The summed E-state index contributed by atoms with van der Waals surface area (Å²) in [6.07, 6.45) is -1.11. The van der Waals surface area contributed by atoms with E-state index >= 15 is 0 Å². The largest absolute Gasteiger partial charge is 0.388 e. The number of hydrogen-bond donors (Lipinski definition) is 2. The van der Waals surface area contributed by atoms with Crippen molar-refractivity contribution in [2.45, 2.75) is 25.5 Å². The number of benzene rings is 2. The molecule has 3 nitrogen and oxygen atoms in total. The van der Waals surface area contributed by atoms with Crippen LogP contribution >= 0.6 is 0 Å². The van der Waals surface area contributed by atoms with E-state index in [0.29, 0.717) is 5.56 Å². The molecule has 0 fully saturated rings. The van der Waals surface area contributed by atoms with Crippen molar-refractivity contribution >= 4 is 5.91 Å². The van der Waals surface area contributed by atoms with Gasteiger partial charge in [0.1, 0.15) is 5.82 Å². The standard InChI is InChI=1S/C17H18FNO2/c1-12(13-6-3-2-4-7-13)19-17(21)11-16(20)14-8-5-9-15(18)10-14/h2-10,12,16,20H,11H2,1H3,(H,19,21). The normalized spacial score (nSPS) is 13.5. The molecule has 0 aliphatic heterocycles. The maximum absolute atomic E-state index is 13.1. The summed E-state index contributed by atoms with van der Waals surface area (Å²) in [6, 6.07) is 15.1. The number of rotatable bonds is 5. The van der Waals surface area contributed by atoms with Crippen LogP contribution in [0.15, 0.2) is 54.6 Å². The van der Waals surface area contributed by atoms with Crippen molar-refractivity contribution in [1.82, 2.24) is 5.32 Å². The SMILES string of the molecule is CC(NC(=O)CC(O)c1cccc(F)c1)c1ccccc1. The van der Waals surface area contributed by atoms with Crippen LogP contribution in [0.3, 0.4) is 0 Å². The number of halogens is 1. The highest BCUT2D eigenvalue weighted by atomic mass is 19.1. The van der Waals surface area contributed by atoms with Crippen LogP contribution in [-0.2, 0) is 4.79 Å². The Morgan fingerprint density at radius 2 is 1.81 bits per heavy atom. The summed E-state index contributed by atoms with van der Waals surface area (Å²) < 4.78 is 13.1. The van der Waals surface area contributed by atoms with E-state index in [2.05, 4.69) is 5.32 Å². The Morgan fingerprint density at radius 1 is 1.14 bits per heavy atom. The van der Waals surface area contributed by atoms with Crippen molar-refractivity contribution in [3.8, 4) is 0 Å². The molecule has 0 aliphatic carbocycles. The molecule has 0 aromatic heterocycles. The number of amides is 1. The number of aliphatic hydroxyl groups is 1. The first-order valence-corrected chi connectivity index (χ1v) is 6.84. The third-order valence-electron chi connectivity index (χ3n) is 3.29. The summed E-state index contributed by atoms with van der Waals surface area (Å²) in [5.41, 5.74) is 1.39. The highest BCUT2D eigenvalue weighted by Gasteiger charge is 2.15. The van der Waals surface area contributed by atoms with E-state index in [1.165, 1.54) is 18.2 Å². The van der Waals surface area contributed by atoms with Gasteiger partial charge in [-0.15, -0.1) is 0 Å². The first-order valence-electron chi connectivity index (χ1n) is 6.84. The molecule has 0 bridgehead atoms. The van der Waals surface area contributed by atoms with E-state index in [-0.39, 0.29) is 18.4 Å². The molecule has 2 aromatic rings. The van der Waals surface area contributed by atoms with Crippen LogP contribution in [0.25, 0.3) is 0 Å². The van der Waals surface area contributed by atoms with Crippen molar-refractivity contribution < 1.29 is 14.3 Å². The fourth-order valence-electron chi connectivity index (χ4n) is 2.13. The lowest BCUT2D eigenvalue weighted by Crippen LogP contribution is -2.27. The summed E-state index contributed by atoms with van der Waals surface area (Å²) in [7, 11) is 0. The molecule has 0 aliphatic rings. The highest BCUT2D eigenvalue weighted by Crippen LogP contribution is 2.18. The van der Waals surface area contributed by atoms with Gasteiger partial charge in [-0.05, 0) is 30.2 Å². The molecule has 0 saturated carbocycles. The third-order valence-corrected chi connectivity index (χ3v) is 3.29. The highest BCUT2D eigenvalue weighted by molar-refractivity contribution is 5.77. The van der Waals surface area contributed by atoms with Gasteiger partial charge in [-0.3, -0.25) is 4.79 Å². The zero-order valence-electron chi connectivity index (χ0n) is 11.8. The van der Waals surface area contributed by atoms with Gasteiger partial charge < -0.3 is 10.4 Å². The van der Waals surface area contributed by atoms with E-state index < -0.39 is 11.9 Å². The lowest BCUT2D eigenvalue weighted by Gasteiger charge is -2.16. The molecule has 2 unspecified atom stereocenters. The number of carbonyl (C=O) groups excluding carboxylic acids is 1. The smallest absolute Gasteiger partial charge is 0.223 e. The second-order valence-corrected chi connectivity index (χ2v) is 4.97. The maximum Gasteiger partial charge on any atom is 0.223 e. The minimum atomic E-state index is -1.01. The molecule has 4 heteroatoms. The van der Waals surface area contributed by atoms with Crippen LogP contribution in [0.5, 0.6) is 0 Å². The fraction of sp³-hybridized carbons (Fsp3) is 0.235. The van der Waals surface area contributed by atoms with E-state index in [0.717, 1.165) is 5.56 Å². The van der Waals surface area contributed by atoms with Crippen LogP contribution in [0.4, 0.5) is 4.39 Å². The van der Waals surface area contributed by atoms with Crippen molar-refractivity contribution in [3.05, 3.63) is 71.5 Å². The minimum Gasteiger partial charge on any atom is -0.388 e. The van der Waals surface area contributed by atoms with Gasteiger partial charge in [-0.25, -0.2) is 4.39 Å². The van der Waals surface area contributed by atoms with Crippen molar-refractivity contribution in [1.29, 1.82) is 0 Å². The average molecular weight is 287 g/mol. The van der Waals surface area contributed by atoms with E-state index in [1.807, 2.05) is 37.3 Å². The Labute approximate surface area is 123 Å². The van der Waals surface area contributed by atoms with Crippen molar-refractivity contribution in [2.75, 3.05) is 0 Å². The van der Waals surface area contributed by atoms with Gasteiger partial charge >= 0.3 is 0 Å². The maximum atomic E-state index is 13.1. The number of nitrogens with one attached hydrogen (secondary N) is 1. The molecular formula is C17H18FNO2. The number of hydrogen-bond acceptors (Lipinski definition) is 2. The molecule has 21 heavy (non-hydrogen) atoms. The molecule has 1 amide bonds. The molecule has 0 spiro atoms. The van der Waals surface area contributed by atoms with Crippen molar-refractivity contribution in [2.24, 2.45) is 0 Å². The Morgan fingerprint density at radius 3 is 2.48 bits per heavy atom. The quantitative estimate of drug-likeness (QED) is 0.887. The van der Waals surface area contributed by atoms with Gasteiger partial charge in [-0.1, -0.05) is 42.5 Å². The van der Waals surface area contributed by atoms with E-state index in [9.17, 15) is 14.3 Å². The second-order valence-electron chi connectivity index (χ2n) is 4.97. The molecule has 110 valence electrons. The Balaban J connectivity index is 1.92. The minimum absolute atomic E-state index is 0.0966. The third kappa shape index (κ3) is 4.39. The first-order chi connectivity index (χ1) is 10.1. The lowest BCUT2D eigenvalue weighted by molar-refractivity contribution is -0.123. The average Bonchev–Trinajstić information content (AvgIpc) is 2.48. The topological polar surface area (TPSA) is 49.3 Å². The van der Waals surface area contributed by atoms with Gasteiger partial charge in [0.25, 0.3) is 0 Å². The van der Waals surface area contributed by atoms with Gasteiger partial charge in [0.2, 0.25) is 5.91 Å². The fourth-order valence-corrected chi connectivity index (χ4v) is 2.13. The summed E-state index contributed by atoms with van der Waals surface area (Å²) >= 11 is 0. The Bertz CT molecular complexity index is 601. The molecule has 2 atom stereocenters. The van der Waals surface area contributed by atoms with Gasteiger partial charge in [-0.2, -0.15) is 0 Å². The summed E-state index contributed by atoms with van der Waals surface area (Å²) in [5.74, 6) is -0.701. The van der Waals surface area contributed by atoms with Gasteiger partial charge in [0, 0.05) is 0 Å². The van der Waals surface area contributed by atoms with Crippen LogP contribution in [0.1, 0.15) is 36.6 Å². The Kier molecular flexibility index (Phi) is 5.06. The molecule has 0 radical (unpaired) electrons. The van der Waals surface area contributed by atoms with Crippen LogP contribution in [0, 0.1) is 5.82 Å². The monoisotopic (exact) mass is 287 g/mol. The Hall–Kier alpha value is -2.20. The molecule has 0 saturated heterocycles. The van der Waals surface area contributed by atoms with Crippen LogP contribution in [-0.4, -0.2) is 11.0 Å². The van der Waals surface area contributed by atoms with Crippen molar-refractivity contribution in [3.63, 3.8) is 0 Å². The predicted molar refractivity (Wildman–Crippen MR) is 79.0 cm³/mol. The van der Waals surface area contributed by atoms with Gasteiger partial charge in [0.15, 0.2) is 0 Å². The first kappa shape index (κ1) is 15.2. The molecule has 2 aromatic carbocycles. The molecule has 0 heterocycles. The zero-order chi connectivity index (χ0) is 15.2. The van der Waals surface area contributed by atoms with Crippen LogP contribution < -0.4 is 5.32 Å². The second kappa shape index (κ2) is 6.99. The van der Waals surface area contributed by atoms with Gasteiger partial charge in [0.05, 0.1) is 18.6 Å². The van der Waals surface area contributed by atoms with E-state index in [1.54, 1.807) is 6.07 Å². The molecular weight excluding hydrogens is 269 g/mol. The van der Waals surface area contributed by atoms with E-state index in [4.69, 9.17) is 0 Å². The predicted octanol–water partition coefficient (Wildman–Crippen LogP) is 3.13. The molecule has 2 rings (SSSR count). The number of carbonyl (C=O) groups is 1. The summed E-state index contributed by atoms with van der Waals surface area (Å²) in [5, 5.41) is 12.8. The van der Waals surface area contributed by atoms with Crippen LogP contribution in [0.2, 0.25) is 0 Å².